The highest BCUT2D eigenvalue weighted by Gasteiger charge is 2.49. The third-order valence-electron chi connectivity index (χ3n) is 6.48. The number of ether oxygens (including phenoxy) is 3. The van der Waals surface area contributed by atoms with Crippen molar-refractivity contribution >= 4 is 11.9 Å². The first-order valence-corrected chi connectivity index (χ1v) is 10.5. The highest BCUT2D eigenvalue weighted by molar-refractivity contribution is 5.89. The molecular formula is C23H33NO5. The summed E-state index contributed by atoms with van der Waals surface area (Å²) in [7, 11) is 2.98. The van der Waals surface area contributed by atoms with E-state index in [-0.39, 0.29) is 29.6 Å². The van der Waals surface area contributed by atoms with Crippen LogP contribution in [0.3, 0.4) is 0 Å². The molecule has 1 aromatic rings. The summed E-state index contributed by atoms with van der Waals surface area (Å²) < 4.78 is 16.4. The first kappa shape index (κ1) is 21.8. The Balaban J connectivity index is 1.82. The molecule has 1 saturated carbocycles. The number of rotatable bonds is 6. The van der Waals surface area contributed by atoms with Gasteiger partial charge < -0.3 is 19.5 Å². The minimum absolute atomic E-state index is 0.0217. The molecule has 0 unspecified atom stereocenters. The normalized spacial score (nSPS) is 31.6. The molecule has 3 rings (SSSR count). The summed E-state index contributed by atoms with van der Waals surface area (Å²) in [5.74, 6) is 0.590. The topological polar surface area (TPSA) is 73.9 Å². The molecule has 0 aromatic heterocycles. The van der Waals surface area contributed by atoms with E-state index in [4.69, 9.17) is 14.2 Å². The smallest absolute Gasteiger partial charge is 0.337 e. The maximum absolute atomic E-state index is 12.5. The predicted molar refractivity (Wildman–Crippen MR) is 110 cm³/mol. The molecule has 160 valence electrons. The second kappa shape index (κ2) is 9.26. The van der Waals surface area contributed by atoms with Gasteiger partial charge in [0, 0.05) is 31.4 Å². The molecule has 29 heavy (non-hydrogen) atoms. The van der Waals surface area contributed by atoms with Crippen molar-refractivity contribution in [3.05, 3.63) is 35.4 Å². The number of nitrogens with one attached hydrogen (secondary N) is 1. The minimum atomic E-state index is -0.350. The fraction of sp³-hybridized carbons (Fsp3) is 0.652. The van der Waals surface area contributed by atoms with Gasteiger partial charge in [-0.3, -0.25) is 4.79 Å². The van der Waals surface area contributed by atoms with Gasteiger partial charge in [0.1, 0.15) is 0 Å². The second-order valence-corrected chi connectivity index (χ2v) is 8.71. The quantitative estimate of drug-likeness (QED) is 0.734. The van der Waals surface area contributed by atoms with E-state index in [1.807, 2.05) is 12.1 Å². The van der Waals surface area contributed by atoms with Crippen LogP contribution >= 0.6 is 0 Å². The maximum atomic E-state index is 12.5. The van der Waals surface area contributed by atoms with Gasteiger partial charge in [-0.1, -0.05) is 25.5 Å². The summed E-state index contributed by atoms with van der Waals surface area (Å²) in [6, 6.07) is 7.40. The Morgan fingerprint density at radius 2 is 1.93 bits per heavy atom. The van der Waals surface area contributed by atoms with Crippen molar-refractivity contribution in [2.75, 3.05) is 20.8 Å². The second-order valence-electron chi connectivity index (χ2n) is 8.71. The first-order valence-electron chi connectivity index (χ1n) is 10.5. The van der Waals surface area contributed by atoms with E-state index in [2.05, 4.69) is 19.2 Å². The molecule has 6 heteroatoms. The molecule has 2 aliphatic rings. The molecule has 1 heterocycles. The van der Waals surface area contributed by atoms with Crippen molar-refractivity contribution in [3.63, 3.8) is 0 Å². The number of benzene rings is 1. The molecule has 1 amide bonds. The van der Waals surface area contributed by atoms with Gasteiger partial charge in [0.05, 0.1) is 31.5 Å². The lowest BCUT2D eigenvalue weighted by Gasteiger charge is -2.52. The van der Waals surface area contributed by atoms with Crippen LogP contribution in [0.1, 0.15) is 68.0 Å². The number of methoxy groups -OCH3 is 2. The van der Waals surface area contributed by atoms with Crippen LogP contribution < -0.4 is 5.32 Å². The molecule has 1 aliphatic heterocycles. The summed E-state index contributed by atoms with van der Waals surface area (Å²) in [6.45, 7) is 4.84. The Morgan fingerprint density at radius 1 is 1.21 bits per heavy atom. The fourth-order valence-corrected chi connectivity index (χ4v) is 4.87. The summed E-state index contributed by atoms with van der Waals surface area (Å²) in [5.41, 5.74) is 1.21. The summed E-state index contributed by atoms with van der Waals surface area (Å²) in [5, 5.41) is 3.31. The maximum Gasteiger partial charge on any atom is 0.337 e. The third kappa shape index (κ3) is 4.98. The Labute approximate surface area is 173 Å². The van der Waals surface area contributed by atoms with E-state index in [9.17, 15) is 9.59 Å². The van der Waals surface area contributed by atoms with E-state index in [0.717, 1.165) is 24.8 Å². The van der Waals surface area contributed by atoms with Crippen molar-refractivity contribution in [2.24, 2.45) is 11.8 Å². The molecule has 0 spiro atoms. The van der Waals surface area contributed by atoms with Crippen LogP contribution in [0, 0.1) is 11.8 Å². The number of amides is 1. The lowest BCUT2D eigenvalue weighted by atomic mass is 9.66. The number of esters is 1. The van der Waals surface area contributed by atoms with Gasteiger partial charge in [0.25, 0.3) is 0 Å². The molecule has 2 fully saturated rings. The van der Waals surface area contributed by atoms with Crippen molar-refractivity contribution in [1.82, 2.24) is 5.32 Å². The zero-order valence-electron chi connectivity index (χ0n) is 17.9. The van der Waals surface area contributed by atoms with E-state index < -0.39 is 0 Å². The predicted octanol–water partition coefficient (Wildman–Crippen LogP) is 3.65. The highest BCUT2D eigenvalue weighted by Crippen LogP contribution is 2.47. The van der Waals surface area contributed by atoms with Crippen LogP contribution in [0.4, 0.5) is 0 Å². The number of carbonyl (C=O) groups excluding carboxylic acids is 2. The molecular weight excluding hydrogens is 370 g/mol. The van der Waals surface area contributed by atoms with Gasteiger partial charge in [-0.25, -0.2) is 4.79 Å². The Kier molecular flexibility index (Phi) is 6.96. The lowest BCUT2D eigenvalue weighted by Crippen LogP contribution is -2.60. The highest BCUT2D eigenvalue weighted by atomic mass is 16.5. The van der Waals surface area contributed by atoms with Gasteiger partial charge >= 0.3 is 5.97 Å². The zero-order chi connectivity index (χ0) is 21.0. The number of carbonyl (C=O) groups is 2. The van der Waals surface area contributed by atoms with Gasteiger partial charge in [-0.2, -0.15) is 0 Å². The molecule has 1 N–H and O–H groups in total. The molecule has 6 nitrogen and oxygen atoms in total. The molecule has 1 aliphatic carbocycles. The van der Waals surface area contributed by atoms with Crippen LogP contribution in [-0.2, 0) is 19.0 Å². The van der Waals surface area contributed by atoms with E-state index in [1.54, 1.807) is 19.2 Å². The number of hydrogen-bond donors (Lipinski definition) is 1. The lowest BCUT2D eigenvalue weighted by molar-refractivity contribution is -0.154. The van der Waals surface area contributed by atoms with E-state index >= 15 is 0 Å². The van der Waals surface area contributed by atoms with Crippen LogP contribution in [0.5, 0.6) is 0 Å². The van der Waals surface area contributed by atoms with Crippen LogP contribution in [0.2, 0.25) is 0 Å². The summed E-state index contributed by atoms with van der Waals surface area (Å²) in [4.78, 5) is 24.3. The van der Waals surface area contributed by atoms with Gasteiger partial charge in [-0.15, -0.1) is 0 Å². The Hall–Kier alpha value is -1.92. The average molecular weight is 404 g/mol. The van der Waals surface area contributed by atoms with Crippen LogP contribution in [0.15, 0.2) is 24.3 Å². The molecule has 5 atom stereocenters. The zero-order valence-corrected chi connectivity index (χ0v) is 17.9. The van der Waals surface area contributed by atoms with Crippen molar-refractivity contribution in [1.29, 1.82) is 0 Å². The average Bonchev–Trinajstić information content (AvgIpc) is 2.71. The van der Waals surface area contributed by atoms with Crippen LogP contribution in [-0.4, -0.2) is 44.3 Å². The van der Waals surface area contributed by atoms with Gasteiger partial charge in [0.2, 0.25) is 5.91 Å². The summed E-state index contributed by atoms with van der Waals surface area (Å²) in [6.07, 6.45) is 4.28. The monoisotopic (exact) mass is 403 g/mol. The third-order valence-corrected chi connectivity index (χ3v) is 6.48. The standard InChI is InChI=1S/C23H33NO5/c1-15-5-10-18-19(13-15)29-20(14-23(18,2)24-21(25)11-12-27-3)16-6-8-17(9-7-16)22(26)28-4/h6-9,15,18-20H,5,10-14H2,1-4H3,(H,24,25)/t15-,18-,19-,20-,23+/m1/s1. The van der Waals surface area contributed by atoms with E-state index in [1.165, 1.54) is 7.11 Å². The molecule has 0 bridgehead atoms. The van der Waals surface area contributed by atoms with Crippen molar-refractivity contribution in [2.45, 2.75) is 63.7 Å². The first-order chi connectivity index (χ1) is 13.9. The van der Waals surface area contributed by atoms with E-state index in [0.29, 0.717) is 36.8 Å². The molecule has 1 saturated heterocycles. The molecule has 0 radical (unpaired) electrons. The Bertz CT molecular complexity index is 718. The largest absolute Gasteiger partial charge is 0.465 e. The van der Waals surface area contributed by atoms with Gasteiger partial charge in [-0.05, 0) is 43.4 Å². The minimum Gasteiger partial charge on any atom is -0.465 e. The fourth-order valence-electron chi connectivity index (χ4n) is 4.87. The number of hydrogen-bond acceptors (Lipinski definition) is 5. The Morgan fingerprint density at radius 3 is 2.59 bits per heavy atom. The van der Waals surface area contributed by atoms with Crippen molar-refractivity contribution < 1.29 is 23.8 Å². The summed E-state index contributed by atoms with van der Waals surface area (Å²) >= 11 is 0. The molecule has 1 aromatic carbocycles. The van der Waals surface area contributed by atoms with Crippen molar-refractivity contribution in [3.8, 4) is 0 Å². The van der Waals surface area contributed by atoms with Crippen LogP contribution in [0.25, 0.3) is 0 Å². The number of fused-ring (bicyclic) bond motifs is 1. The van der Waals surface area contributed by atoms with Gasteiger partial charge in [0.15, 0.2) is 0 Å². The SMILES string of the molecule is COCCC(=O)N[C@@]1(C)C[C@H](c2ccc(C(=O)OC)cc2)O[C@@H]2C[C@H](C)CC[C@H]21.